The van der Waals surface area contributed by atoms with Crippen molar-refractivity contribution in [3.63, 3.8) is 0 Å². The Morgan fingerprint density at radius 2 is 1.83 bits per heavy atom. The van der Waals surface area contributed by atoms with Crippen LogP contribution in [-0.4, -0.2) is 12.1 Å². The van der Waals surface area contributed by atoms with E-state index < -0.39 is 0 Å². The third-order valence-corrected chi connectivity index (χ3v) is 8.70. The Kier molecular flexibility index (Phi) is 3.89. The minimum atomic E-state index is -0.0901. The van der Waals surface area contributed by atoms with Gasteiger partial charge in [-0.1, -0.05) is 25.5 Å². The Morgan fingerprint density at radius 3 is 2.58 bits per heavy atom. The van der Waals surface area contributed by atoms with Gasteiger partial charge in [-0.25, -0.2) is 0 Å². The Morgan fingerprint density at radius 1 is 1.08 bits per heavy atom. The van der Waals surface area contributed by atoms with Gasteiger partial charge in [-0.2, -0.15) is 0 Å². The highest BCUT2D eigenvalue weighted by molar-refractivity contribution is 5.66. The lowest BCUT2D eigenvalue weighted by Gasteiger charge is -2.60. The van der Waals surface area contributed by atoms with Crippen LogP contribution in [-0.2, 0) is 9.53 Å². The third-order valence-electron chi connectivity index (χ3n) is 8.70. The maximum atomic E-state index is 11.5. The molecule has 0 bridgehead atoms. The molecule has 0 radical (unpaired) electrons. The van der Waals surface area contributed by atoms with E-state index >= 15 is 0 Å². The number of fused-ring (bicyclic) bond motifs is 5. The lowest BCUT2D eigenvalue weighted by Crippen LogP contribution is -2.53. The molecule has 2 heteroatoms. The molecule has 0 N–H and O–H groups in total. The van der Waals surface area contributed by atoms with Crippen LogP contribution in [0.15, 0.2) is 11.6 Å². The second-order valence-electron chi connectivity index (χ2n) is 9.84. The molecule has 0 aromatic carbocycles. The molecule has 0 aromatic rings. The van der Waals surface area contributed by atoms with Crippen molar-refractivity contribution in [2.24, 2.45) is 34.5 Å². The topological polar surface area (TPSA) is 26.3 Å². The quantitative estimate of drug-likeness (QED) is 0.467. The van der Waals surface area contributed by atoms with Gasteiger partial charge in [0.15, 0.2) is 0 Å². The maximum absolute atomic E-state index is 11.5. The van der Waals surface area contributed by atoms with Gasteiger partial charge in [0.05, 0.1) is 0 Å². The number of hydrogen-bond donors (Lipinski definition) is 0. The van der Waals surface area contributed by atoms with Crippen LogP contribution >= 0.6 is 0 Å². The number of carbonyl (C=O) groups excluding carboxylic acids is 1. The third kappa shape index (κ3) is 2.31. The zero-order chi connectivity index (χ0) is 17.1. The molecule has 0 aliphatic heterocycles. The molecule has 0 unspecified atom stereocenters. The molecule has 3 fully saturated rings. The van der Waals surface area contributed by atoms with Gasteiger partial charge < -0.3 is 4.74 Å². The van der Waals surface area contributed by atoms with Crippen LogP contribution in [0.2, 0.25) is 0 Å². The van der Waals surface area contributed by atoms with E-state index in [-0.39, 0.29) is 17.5 Å². The van der Waals surface area contributed by atoms with Crippen LogP contribution in [0.1, 0.15) is 79.1 Å². The normalized spacial score (nSPS) is 50.3. The Hall–Kier alpha value is -0.790. The largest absolute Gasteiger partial charge is 0.462 e. The predicted octanol–water partition coefficient (Wildman–Crippen LogP) is 5.52. The first-order valence-corrected chi connectivity index (χ1v) is 10.2. The maximum Gasteiger partial charge on any atom is 0.302 e. The Labute approximate surface area is 147 Å². The first kappa shape index (κ1) is 16.7. The first-order chi connectivity index (χ1) is 11.3. The fourth-order valence-corrected chi connectivity index (χ4v) is 7.56. The molecule has 24 heavy (non-hydrogen) atoms. The van der Waals surface area contributed by atoms with Gasteiger partial charge in [-0.15, -0.1) is 0 Å². The van der Waals surface area contributed by atoms with E-state index in [9.17, 15) is 4.79 Å². The van der Waals surface area contributed by atoms with Crippen LogP contribution in [0, 0.1) is 34.5 Å². The number of allylic oxidation sites excluding steroid dienone is 2. The van der Waals surface area contributed by atoms with Crippen molar-refractivity contribution in [2.75, 3.05) is 0 Å². The summed E-state index contributed by atoms with van der Waals surface area (Å²) in [6, 6.07) is 0. The minimum absolute atomic E-state index is 0.0901. The number of carbonyl (C=O) groups is 1. The van der Waals surface area contributed by atoms with Crippen LogP contribution in [0.3, 0.4) is 0 Å². The van der Waals surface area contributed by atoms with Crippen molar-refractivity contribution in [2.45, 2.75) is 85.2 Å². The molecule has 3 saturated carbocycles. The smallest absolute Gasteiger partial charge is 0.302 e. The standard InChI is InChI=1S/C22H34O2/c1-14-5-6-16-7-8-17-18-9-10-20(24-15(2)23)21(18,3)12-11-19(17)22(16,4)13-14/h5,16-20H,6-13H2,1-4H3/t16-,17-,18-,19-,20+,21-,22-/m0/s1. The highest BCUT2D eigenvalue weighted by Gasteiger charge is 2.60. The van der Waals surface area contributed by atoms with Gasteiger partial charge in [0.1, 0.15) is 6.10 Å². The van der Waals surface area contributed by atoms with E-state index in [1.54, 1.807) is 12.5 Å². The Balaban J connectivity index is 1.60. The summed E-state index contributed by atoms with van der Waals surface area (Å²) < 4.78 is 5.76. The average molecular weight is 331 g/mol. The molecule has 4 aliphatic rings. The van der Waals surface area contributed by atoms with E-state index in [0.29, 0.717) is 5.41 Å². The van der Waals surface area contributed by atoms with Crippen LogP contribution < -0.4 is 0 Å². The molecule has 2 nitrogen and oxygen atoms in total. The van der Waals surface area contributed by atoms with Crippen molar-refractivity contribution < 1.29 is 9.53 Å². The van der Waals surface area contributed by atoms with Gasteiger partial charge in [0.2, 0.25) is 0 Å². The van der Waals surface area contributed by atoms with Crippen LogP contribution in [0.4, 0.5) is 0 Å². The van der Waals surface area contributed by atoms with E-state index in [0.717, 1.165) is 30.1 Å². The lowest BCUT2D eigenvalue weighted by atomic mass is 9.45. The summed E-state index contributed by atoms with van der Waals surface area (Å²) in [7, 11) is 0. The van der Waals surface area contributed by atoms with E-state index in [2.05, 4.69) is 26.8 Å². The fraction of sp³-hybridized carbons (Fsp3) is 0.864. The van der Waals surface area contributed by atoms with E-state index in [1.807, 2.05) is 0 Å². The summed E-state index contributed by atoms with van der Waals surface area (Å²) in [5.41, 5.74) is 2.37. The summed E-state index contributed by atoms with van der Waals surface area (Å²) in [5.74, 6) is 3.32. The van der Waals surface area contributed by atoms with Gasteiger partial charge >= 0.3 is 5.97 Å². The number of ether oxygens (including phenoxy) is 1. The van der Waals surface area contributed by atoms with Crippen molar-refractivity contribution in [3.8, 4) is 0 Å². The molecule has 4 rings (SSSR count). The van der Waals surface area contributed by atoms with Crippen molar-refractivity contribution >= 4 is 5.97 Å². The lowest BCUT2D eigenvalue weighted by molar-refractivity contribution is -0.160. The minimum Gasteiger partial charge on any atom is -0.462 e. The number of esters is 1. The number of rotatable bonds is 1. The molecule has 7 atom stereocenters. The SMILES string of the molecule is CC(=O)O[C@@H]1CC[C@H]2[C@@H]3CC[C@@H]4CC=C(C)C[C@]4(C)[C@H]3CC[C@]12C. The van der Waals surface area contributed by atoms with Gasteiger partial charge in [-0.3, -0.25) is 4.79 Å². The summed E-state index contributed by atoms with van der Waals surface area (Å²) in [5, 5.41) is 0. The summed E-state index contributed by atoms with van der Waals surface area (Å²) in [6.45, 7) is 8.94. The molecule has 0 amide bonds. The van der Waals surface area contributed by atoms with Gasteiger partial charge in [-0.05, 0) is 87.4 Å². The van der Waals surface area contributed by atoms with Crippen molar-refractivity contribution in [3.05, 3.63) is 11.6 Å². The van der Waals surface area contributed by atoms with Crippen molar-refractivity contribution in [1.82, 2.24) is 0 Å². The molecule has 4 aliphatic carbocycles. The van der Waals surface area contributed by atoms with Crippen LogP contribution in [0.5, 0.6) is 0 Å². The number of hydrogen-bond acceptors (Lipinski definition) is 2. The zero-order valence-corrected chi connectivity index (χ0v) is 15.9. The molecule has 0 aromatic heterocycles. The molecule has 0 heterocycles. The summed E-state index contributed by atoms with van der Waals surface area (Å²) in [6.07, 6.45) is 13.1. The molecule has 0 spiro atoms. The highest BCUT2D eigenvalue weighted by Crippen LogP contribution is 2.66. The van der Waals surface area contributed by atoms with Crippen molar-refractivity contribution in [1.29, 1.82) is 0 Å². The van der Waals surface area contributed by atoms with Gasteiger partial charge in [0, 0.05) is 12.3 Å². The van der Waals surface area contributed by atoms with E-state index in [1.165, 1.54) is 44.9 Å². The first-order valence-electron chi connectivity index (χ1n) is 10.2. The monoisotopic (exact) mass is 330 g/mol. The fourth-order valence-electron chi connectivity index (χ4n) is 7.56. The molecule has 134 valence electrons. The second-order valence-corrected chi connectivity index (χ2v) is 9.84. The Bertz CT molecular complexity index is 564. The average Bonchev–Trinajstić information content (AvgIpc) is 2.82. The van der Waals surface area contributed by atoms with E-state index in [4.69, 9.17) is 4.74 Å². The molecular formula is C22H34O2. The molecular weight excluding hydrogens is 296 g/mol. The summed E-state index contributed by atoms with van der Waals surface area (Å²) in [4.78, 5) is 11.5. The van der Waals surface area contributed by atoms with Gasteiger partial charge in [0.25, 0.3) is 0 Å². The summed E-state index contributed by atoms with van der Waals surface area (Å²) >= 11 is 0. The predicted molar refractivity (Wildman–Crippen MR) is 96.4 cm³/mol. The highest BCUT2D eigenvalue weighted by atomic mass is 16.5. The second kappa shape index (κ2) is 5.61. The molecule has 0 saturated heterocycles. The zero-order valence-electron chi connectivity index (χ0n) is 15.9. The van der Waals surface area contributed by atoms with Crippen LogP contribution in [0.25, 0.3) is 0 Å².